The number of benzene rings is 2. The molecule has 46 heavy (non-hydrogen) atoms. The van der Waals surface area contributed by atoms with Crippen molar-refractivity contribution < 1.29 is 38.2 Å². The molecule has 4 atom stereocenters. The van der Waals surface area contributed by atoms with Gasteiger partial charge in [-0.05, 0) is 44.7 Å². The molecular weight excluding hydrogens is 611 g/mol. The Bertz CT molecular complexity index is 1520. The summed E-state index contributed by atoms with van der Waals surface area (Å²) in [6, 6.07) is 7.40. The first-order valence-electron chi connectivity index (χ1n) is 16.2. The number of carbonyl (C=O) groups is 2. The van der Waals surface area contributed by atoms with Gasteiger partial charge in [0.2, 0.25) is 0 Å². The summed E-state index contributed by atoms with van der Waals surface area (Å²) in [6.07, 6.45) is 4.53. The Morgan fingerprint density at radius 1 is 0.826 bits per heavy atom. The van der Waals surface area contributed by atoms with Gasteiger partial charge in [0.15, 0.2) is 23.0 Å². The molecule has 3 N–H and O–H groups in total. The van der Waals surface area contributed by atoms with E-state index in [9.17, 15) is 19.3 Å². The number of hydrogen-bond acceptors (Lipinski definition) is 10. The van der Waals surface area contributed by atoms with Gasteiger partial charge in [-0.3, -0.25) is 9.59 Å². The predicted octanol–water partition coefficient (Wildman–Crippen LogP) is 3.97. The average Bonchev–Trinajstić information content (AvgIpc) is 3.70. The highest BCUT2D eigenvalue weighted by Crippen LogP contribution is 2.46. The van der Waals surface area contributed by atoms with Gasteiger partial charge in [0.1, 0.15) is 0 Å². The Labute approximate surface area is 270 Å². The van der Waals surface area contributed by atoms with Crippen molar-refractivity contribution in [3.05, 3.63) is 35.4 Å². The van der Waals surface area contributed by atoms with E-state index in [2.05, 4.69) is 17.6 Å². The Kier molecular flexibility index (Phi) is 9.57. The second-order valence-corrected chi connectivity index (χ2v) is 16.0. The van der Waals surface area contributed by atoms with E-state index < -0.39 is 7.14 Å². The number of hydrogen-bond donors (Lipinski definition) is 3. The van der Waals surface area contributed by atoms with E-state index in [1.165, 1.54) is 14.2 Å². The molecule has 0 aliphatic carbocycles. The number of nitrogens with one attached hydrogen (secondary N) is 2. The molecule has 0 bridgehead atoms. The smallest absolute Gasteiger partial charge is 0.256 e. The lowest BCUT2D eigenvalue weighted by atomic mass is 10.1. The molecule has 0 radical (unpaired) electrons. The number of methoxy groups -OCH3 is 2. The maximum absolute atomic E-state index is 13.9. The van der Waals surface area contributed by atoms with Crippen LogP contribution in [0.25, 0.3) is 0 Å². The van der Waals surface area contributed by atoms with Crippen LogP contribution >= 0.6 is 7.14 Å². The maximum atomic E-state index is 13.9. The fourth-order valence-electron chi connectivity index (χ4n) is 7.20. The van der Waals surface area contributed by atoms with Crippen LogP contribution < -0.4 is 29.6 Å². The van der Waals surface area contributed by atoms with Crippen LogP contribution in [-0.2, 0) is 4.57 Å². The number of amides is 2. The third-order valence-electron chi connectivity index (χ3n) is 9.78. The number of fused-ring (bicyclic) bond motifs is 4. The van der Waals surface area contributed by atoms with Gasteiger partial charge in [-0.25, -0.2) is 0 Å². The highest BCUT2D eigenvalue weighted by molar-refractivity contribution is 7.64. The van der Waals surface area contributed by atoms with Gasteiger partial charge in [-0.1, -0.05) is 0 Å². The summed E-state index contributed by atoms with van der Waals surface area (Å²) in [4.78, 5) is 30.4. The number of ether oxygens (including phenoxy) is 4. The maximum Gasteiger partial charge on any atom is 0.256 e. The Hall–Kier alpha value is -3.63. The molecule has 2 amide bonds. The monoisotopic (exact) mass is 656 g/mol. The topological polar surface area (TPSA) is 139 Å². The SMILES string of the molecule is COc1cc2c(cc1OCCP(=O)(CCO)CCOc1cc3c(cc1OC)C(=O)N1CCC[C@H]1C(C)N3)NC[C@@H]1CCCN1C2=O. The van der Waals surface area contributed by atoms with Crippen LogP contribution in [-0.4, -0.2) is 117 Å². The first-order valence-corrected chi connectivity index (χ1v) is 18.5. The second kappa shape index (κ2) is 13.6. The highest BCUT2D eigenvalue weighted by Gasteiger charge is 2.38. The number of aliphatic hydroxyl groups is 1. The molecule has 4 aliphatic heterocycles. The van der Waals surface area contributed by atoms with Crippen LogP contribution in [0.2, 0.25) is 0 Å². The molecule has 2 aromatic carbocycles. The van der Waals surface area contributed by atoms with Crippen molar-refractivity contribution in [1.29, 1.82) is 0 Å². The Morgan fingerprint density at radius 2 is 1.41 bits per heavy atom. The minimum Gasteiger partial charge on any atom is -0.493 e. The van der Waals surface area contributed by atoms with Crippen molar-refractivity contribution in [2.45, 2.75) is 50.7 Å². The number of rotatable bonds is 12. The lowest BCUT2D eigenvalue weighted by Gasteiger charge is -2.26. The average molecular weight is 657 g/mol. The standard InChI is InChI=1S/C33H45N4O8P/c1-21-27-7-5-9-37(27)33(40)24-17-29(43-3)31(19-26(24)35-21)45-12-15-46(41,13-10-38)14-11-44-30-18-25-23(16-28(30)42-2)32(39)36-8-4-6-22(36)20-34-25/h16-19,21-22,27,34-35,38H,4-15,20H2,1-3H3/t21?,22-,27-,46?/m0/s1. The van der Waals surface area contributed by atoms with Crippen LogP contribution in [0.3, 0.4) is 0 Å². The second-order valence-electron chi connectivity index (χ2n) is 12.6. The van der Waals surface area contributed by atoms with Crippen LogP contribution in [0.15, 0.2) is 24.3 Å². The van der Waals surface area contributed by atoms with Gasteiger partial charge in [0.25, 0.3) is 11.8 Å². The van der Waals surface area contributed by atoms with Crippen LogP contribution in [0.5, 0.6) is 23.0 Å². The molecule has 0 saturated carbocycles. The van der Waals surface area contributed by atoms with Crippen LogP contribution in [0.4, 0.5) is 11.4 Å². The zero-order valence-corrected chi connectivity index (χ0v) is 27.8. The Balaban J connectivity index is 1.10. The van der Waals surface area contributed by atoms with Crippen LogP contribution in [0, 0.1) is 0 Å². The lowest BCUT2D eigenvalue weighted by molar-refractivity contribution is 0.0731. The molecule has 12 nitrogen and oxygen atoms in total. The molecule has 0 aromatic heterocycles. The molecule has 2 fully saturated rings. The molecule has 0 spiro atoms. The molecule has 13 heteroatoms. The normalized spacial score (nSPS) is 23.1. The summed E-state index contributed by atoms with van der Waals surface area (Å²) in [5, 5.41) is 16.6. The van der Waals surface area contributed by atoms with E-state index in [1.807, 2.05) is 9.80 Å². The van der Waals surface area contributed by atoms with Crippen molar-refractivity contribution in [1.82, 2.24) is 9.80 Å². The summed E-state index contributed by atoms with van der Waals surface area (Å²) >= 11 is 0. The molecule has 6 rings (SSSR count). The van der Waals surface area contributed by atoms with Gasteiger partial charge in [0.05, 0.1) is 63.1 Å². The minimum absolute atomic E-state index is 0.0110. The van der Waals surface area contributed by atoms with Crippen LogP contribution in [0.1, 0.15) is 53.3 Å². The van der Waals surface area contributed by atoms with Gasteiger partial charge >= 0.3 is 0 Å². The lowest BCUT2D eigenvalue weighted by Crippen LogP contribution is -2.41. The van der Waals surface area contributed by atoms with Crippen molar-refractivity contribution in [3.63, 3.8) is 0 Å². The summed E-state index contributed by atoms with van der Waals surface area (Å²) < 4.78 is 37.3. The summed E-state index contributed by atoms with van der Waals surface area (Å²) in [5.41, 5.74) is 2.50. The van der Waals surface area contributed by atoms with E-state index >= 15 is 0 Å². The Morgan fingerprint density at radius 3 is 2.07 bits per heavy atom. The zero-order valence-electron chi connectivity index (χ0n) is 26.9. The summed E-state index contributed by atoms with van der Waals surface area (Å²) in [5.74, 6) is 1.76. The van der Waals surface area contributed by atoms with E-state index in [-0.39, 0.29) is 68.2 Å². The predicted molar refractivity (Wildman–Crippen MR) is 176 cm³/mol. The van der Waals surface area contributed by atoms with Gasteiger partial charge in [0, 0.05) is 68.9 Å². The van der Waals surface area contributed by atoms with Gasteiger partial charge in [-0.2, -0.15) is 0 Å². The molecule has 2 unspecified atom stereocenters. The molecule has 250 valence electrons. The first kappa shape index (κ1) is 32.3. The van der Waals surface area contributed by atoms with Crippen molar-refractivity contribution >= 4 is 30.3 Å². The molecule has 4 aliphatic rings. The highest BCUT2D eigenvalue weighted by atomic mass is 31.2. The van der Waals surface area contributed by atoms with Crippen molar-refractivity contribution in [2.75, 3.05) is 82.8 Å². The largest absolute Gasteiger partial charge is 0.493 e. The zero-order chi connectivity index (χ0) is 32.4. The summed E-state index contributed by atoms with van der Waals surface area (Å²) in [6.45, 7) is 4.32. The molecule has 4 heterocycles. The third-order valence-corrected chi connectivity index (χ3v) is 12.8. The molecular formula is C33H45N4O8P. The van der Waals surface area contributed by atoms with Crippen molar-refractivity contribution in [2.24, 2.45) is 0 Å². The van der Waals surface area contributed by atoms with E-state index in [0.29, 0.717) is 52.0 Å². The van der Waals surface area contributed by atoms with Gasteiger partial charge < -0.3 is 49.1 Å². The number of aliphatic hydroxyl groups excluding tert-OH is 1. The third kappa shape index (κ3) is 6.34. The first-order chi connectivity index (χ1) is 22.2. The molecule has 2 saturated heterocycles. The fraction of sp³-hybridized carbons (Fsp3) is 0.576. The van der Waals surface area contributed by atoms with E-state index in [1.54, 1.807) is 24.3 Å². The number of anilines is 2. The fourth-order valence-corrected chi connectivity index (χ4v) is 9.09. The number of carbonyl (C=O) groups excluding carboxylic acids is 2. The van der Waals surface area contributed by atoms with E-state index in [4.69, 9.17) is 18.9 Å². The minimum atomic E-state index is -2.89. The van der Waals surface area contributed by atoms with Crippen molar-refractivity contribution in [3.8, 4) is 23.0 Å². The number of nitrogens with zero attached hydrogens (tertiary/aromatic N) is 2. The quantitative estimate of drug-likeness (QED) is 0.288. The van der Waals surface area contributed by atoms with E-state index in [0.717, 1.165) is 38.8 Å². The molecule has 2 aromatic rings. The summed E-state index contributed by atoms with van der Waals surface area (Å²) in [7, 11) is 0.171. The van der Waals surface area contributed by atoms with Gasteiger partial charge in [-0.15, -0.1) is 0 Å².